The zero-order chi connectivity index (χ0) is 13.9. The van der Waals surface area contributed by atoms with Crippen molar-refractivity contribution in [2.24, 2.45) is 5.11 Å². The molecule has 0 saturated heterocycles. The van der Waals surface area contributed by atoms with E-state index in [1.165, 1.54) is 0 Å². The first-order chi connectivity index (χ1) is 9.79. The minimum Gasteiger partial charge on any atom is -0.287 e. The Hall–Kier alpha value is -2.69. The second-order valence-corrected chi connectivity index (χ2v) is 4.99. The first kappa shape index (κ1) is 12.3. The van der Waals surface area contributed by atoms with Crippen molar-refractivity contribution in [3.8, 4) is 10.6 Å². The molecule has 3 aromatic rings. The second kappa shape index (κ2) is 5.13. The highest BCUT2D eigenvalue weighted by Gasteiger charge is 2.12. The summed E-state index contributed by atoms with van der Waals surface area (Å²) in [6, 6.07) is 12.8. The van der Waals surface area contributed by atoms with Gasteiger partial charge in [-0.15, -0.1) is 11.3 Å². The van der Waals surface area contributed by atoms with E-state index in [0.717, 1.165) is 4.88 Å². The third kappa shape index (κ3) is 2.14. The van der Waals surface area contributed by atoms with Gasteiger partial charge in [0, 0.05) is 15.9 Å². The molecular weight excluding hydrogens is 272 g/mol. The van der Waals surface area contributed by atoms with Gasteiger partial charge < -0.3 is 0 Å². The highest BCUT2D eigenvalue weighted by Crippen LogP contribution is 2.28. The number of hydrogen-bond donors (Lipinski definition) is 0. The van der Waals surface area contributed by atoms with E-state index in [4.69, 9.17) is 5.53 Å². The summed E-state index contributed by atoms with van der Waals surface area (Å²) in [5, 5.41) is 5.82. The minimum absolute atomic E-state index is 0.372. The highest BCUT2D eigenvalue weighted by molar-refractivity contribution is 7.13. The molecular formula is C14H8N4OS. The molecule has 0 fully saturated rings. The maximum absolute atomic E-state index is 11.9. The lowest BCUT2D eigenvalue weighted by atomic mass is 10.1. The van der Waals surface area contributed by atoms with Crippen LogP contribution in [0.25, 0.3) is 31.9 Å². The number of nitrogens with zero attached hydrogens (tertiary/aromatic N) is 4. The van der Waals surface area contributed by atoms with Gasteiger partial charge in [0.15, 0.2) is 0 Å². The van der Waals surface area contributed by atoms with Crippen molar-refractivity contribution >= 4 is 28.1 Å². The van der Waals surface area contributed by atoms with E-state index in [1.807, 2.05) is 35.7 Å². The molecule has 2 heterocycles. The lowest BCUT2D eigenvalue weighted by Crippen LogP contribution is -1.97. The number of azide groups is 1. The van der Waals surface area contributed by atoms with Crippen LogP contribution in [0.15, 0.2) is 53.0 Å². The van der Waals surface area contributed by atoms with Gasteiger partial charge >= 0.3 is 0 Å². The molecule has 1 aromatic carbocycles. The van der Waals surface area contributed by atoms with E-state index >= 15 is 0 Å². The predicted octanol–water partition coefficient (Wildman–Crippen LogP) is 4.41. The van der Waals surface area contributed by atoms with Gasteiger partial charge in [0.2, 0.25) is 5.91 Å². The fourth-order valence-electron chi connectivity index (χ4n) is 2.00. The molecule has 0 saturated carbocycles. The predicted molar refractivity (Wildman–Crippen MR) is 78.5 cm³/mol. The van der Waals surface area contributed by atoms with Gasteiger partial charge in [0.05, 0.1) is 16.1 Å². The average Bonchev–Trinajstić information content (AvgIpc) is 3.00. The van der Waals surface area contributed by atoms with Gasteiger partial charge in [0.25, 0.3) is 0 Å². The number of benzene rings is 1. The van der Waals surface area contributed by atoms with Crippen molar-refractivity contribution < 1.29 is 4.79 Å². The largest absolute Gasteiger partial charge is 0.287 e. The van der Waals surface area contributed by atoms with Crippen molar-refractivity contribution in [1.29, 1.82) is 0 Å². The number of pyridine rings is 1. The number of carbonyl (C=O) groups excluding carboxylic acids is 1. The van der Waals surface area contributed by atoms with Crippen molar-refractivity contribution in [2.45, 2.75) is 0 Å². The maximum Gasteiger partial charge on any atom is 0.249 e. The Kier molecular flexibility index (Phi) is 3.16. The van der Waals surface area contributed by atoms with E-state index in [2.05, 4.69) is 15.0 Å². The standard InChI is InChI=1S/C14H8N4OS/c15-18-17-14(19)10-8-12(13-6-3-7-20-13)16-11-5-2-1-4-9(10)11/h1-8H. The van der Waals surface area contributed by atoms with Crippen LogP contribution in [0.3, 0.4) is 0 Å². The molecule has 6 heteroatoms. The third-order valence-electron chi connectivity index (χ3n) is 2.86. The molecule has 2 aromatic heterocycles. The fourth-order valence-corrected chi connectivity index (χ4v) is 2.68. The molecule has 0 aliphatic carbocycles. The Balaban J connectivity index is 2.30. The highest BCUT2D eigenvalue weighted by atomic mass is 32.1. The number of carbonyl (C=O) groups is 1. The van der Waals surface area contributed by atoms with Crippen molar-refractivity contribution in [3.63, 3.8) is 0 Å². The number of aromatic nitrogens is 1. The average molecular weight is 280 g/mol. The van der Waals surface area contributed by atoms with Crippen LogP contribution in [-0.4, -0.2) is 10.9 Å². The number of thiophene rings is 1. The zero-order valence-corrected chi connectivity index (χ0v) is 11.0. The molecule has 1 amide bonds. The molecule has 20 heavy (non-hydrogen) atoms. The molecule has 96 valence electrons. The van der Waals surface area contributed by atoms with Crippen LogP contribution in [0, 0.1) is 0 Å². The number of para-hydroxylation sites is 1. The molecule has 0 radical (unpaired) electrons. The van der Waals surface area contributed by atoms with Gasteiger partial charge in [-0.3, -0.25) is 4.79 Å². The van der Waals surface area contributed by atoms with E-state index in [9.17, 15) is 4.79 Å². The summed E-state index contributed by atoms with van der Waals surface area (Å²) < 4.78 is 0. The quantitative estimate of drug-likeness (QED) is 0.396. The van der Waals surface area contributed by atoms with E-state index < -0.39 is 5.91 Å². The maximum atomic E-state index is 11.9. The number of fused-ring (bicyclic) bond motifs is 1. The van der Waals surface area contributed by atoms with Crippen LogP contribution in [0.4, 0.5) is 0 Å². The number of amides is 1. The van der Waals surface area contributed by atoms with E-state index in [0.29, 0.717) is 22.2 Å². The van der Waals surface area contributed by atoms with Crippen LogP contribution >= 0.6 is 11.3 Å². The van der Waals surface area contributed by atoms with E-state index in [-0.39, 0.29) is 0 Å². The molecule has 3 rings (SSSR count). The van der Waals surface area contributed by atoms with Crippen LogP contribution in [0.5, 0.6) is 0 Å². The van der Waals surface area contributed by atoms with Crippen LogP contribution < -0.4 is 0 Å². The van der Waals surface area contributed by atoms with Gasteiger partial charge in [0.1, 0.15) is 0 Å². The Labute approximate surface area is 118 Å². The summed E-state index contributed by atoms with van der Waals surface area (Å²) >= 11 is 1.54. The Morgan fingerprint density at radius 2 is 2.10 bits per heavy atom. The minimum atomic E-state index is -0.594. The van der Waals surface area contributed by atoms with Crippen LogP contribution in [0.2, 0.25) is 0 Å². The van der Waals surface area contributed by atoms with E-state index in [1.54, 1.807) is 23.5 Å². The summed E-state index contributed by atoms with van der Waals surface area (Å²) in [6.07, 6.45) is 0. The monoisotopic (exact) mass is 280 g/mol. The topological polar surface area (TPSA) is 78.7 Å². The SMILES string of the molecule is [N-]=[N+]=NC(=O)c1cc(-c2cccs2)nc2ccccc12. The first-order valence-corrected chi connectivity index (χ1v) is 6.70. The summed E-state index contributed by atoms with van der Waals surface area (Å²) in [6.45, 7) is 0. The second-order valence-electron chi connectivity index (χ2n) is 4.04. The zero-order valence-electron chi connectivity index (χ0n) is 10.2. The number of rotatable bonds is 2. The molecule has 0 aliphatic heterocycles. The third-order valence-corrected chi connectivity index (χ3v) is 3.75. The normalized spacial score (nSPS) is 10.2. The first-order valence-electron chi connectivity index (χ1n) is 5.82. The Morgan fingerprint density at radius 1 is 1.25 bits per heavy atom. The van der Waals surface area contributed by atoms with Crippen LogP contribution in [-0.2, 0) is 0 Å². The fraction of sp³-hybridized carbons (Fsp3) is 0. The van der Waals surface area contributed by atoms with Crippen molar-refractivity contribution in [1.82, 2.24) is 4.98 Å². The summed E-state index contributed by atoms with van der Waals surface area (Å²) in [4.78, 5) is 20.0. The summed E-state index contributed by atoms with van der Waals surface area (Å²) in [7, 11) is 0. The summed E-state index contributed by atoms with van der Waals surface area (Å²) in [5.74, 6) is -0.594. The van der Waals surface area contributed by atoms with Crippen molar-refractivity contribution in [3.05, 3.63) is 63.9 Å². The smallest absolute Gasteiger partial charge is 0.249 e. The lowest BCUT2D eigenvalue weighted by molar-refractivity contribution is 0.100. The molecule has 0 spiro atoms. The molecule has 0 aliphatic rings. The molecule has 0 atom stereocenters. The van der Waals surface area contributed by atoms with Crippen LogP contribution in [0.1, 0.15) is 10.4 Å². The van der Waals surface area contributed by atoms with Gasteiger partial charge in [-0.05, 0) is 34.2 Å². The van der Waals surface area contributed by atoms with Gasteiger partial charge in [-0.25, -0.2) is 4.98 Å². The van der Waals surface area contributed by atoms with Crippen molar-refractivity contribution in [2.75, 3.05) is 0 Å². The molecule has 0 unspecified atom stereocenters. The molecule has 5 nitrogen and oxygen atoms in total. The molecule has 0 N–H and O–H groups in total. The molecule has 0 bridgehead atoms. The lowest BCUT2D eigenvalue weighted by Gasteiger charge is -2.05. The van der Waals surface area contributed by atoms with Gasteiger partial charge in [-0.2, -0.15) is 0 Å². The Bertz CT molecular complexity index is 836. The van der Waals surface area contributed by atoms with Gasteiger partial charge in [-0.1, -0.05) is 24.3 Å². The number of hydrogen-bond acceptors (Lipinski definition) is 3. The Morgan fingerprint density at radius 3 is 2.85 bits per heavy atom. The summed E-state index contributed by atoms with van der Waals surface area (Å²) in [5.41, 5.74) is 10.2.